The molecule has 3 aromatic carbocycles. The standard InChI is InChI=1S/C26H24FNO3/c1-17-12-20(8-11-24(17)27)26-22-10-9-21(31-16-19-6-4-3-5-7-19)13-25(22)28(30)14-23(26)18(2)15-29/h3-14,18,29H,15-16H2,1-2H3. The Hall–Kier alpha value is -3.44. The zero-order valence-corrected chi connectivity index (χ0v) is 17.5. The number of hydrogen-bond acceptors (Lipinski definition) is 3. The Kier molecular flexibility index (Phi) is 5.87. The third-order valence-electron chi connectivity index (χ3n) is 5.52. The molecule has 4 rings (SSSR count). The molecule has 1 aromatic heterocycles. The Morgan fingerprint density at radius 1 is 1.06 bits per heavy atom. The van der Waals surface area contributed by atoms with Crippen LogP contribution in [-0.4, -0.2) is 11.7 Å². The van der Waals surface area contributed by atoms with Crippen LogP contribution < -0.4 is 9.47 Å². The molecule has 1 unspecified atom stereocenters. The van der Waals surface area contributed by atoms with Crippen LogP contribution in [0.5, 0.6) is 5.75 Å². The molecule has 0 radical (unpaired) electrons. The summed E-state index contributed by atoms with van der Waals surface area (Å²) in [6.45, 7) is 3.87. The van der Waals surface area contributed by atoms with Crippen molar-refractivity contribution >= 4 is 10.9 Å². The van der Waals surface area contributed by atoms with Gasteiger partial charge in [0.1, 0.15) is 18.2 Å². The van der Waals surface area contributed by atoms with Gasteiger partial charge in [-0.25, -0.2) is 4.39 Å². The summed E-state index contributed by atoms with van der Waals surface area (Å²) in [6.07, 6.45) is 1.50. The van der Waals surface area contributed by atoms with Crippen LogP contribution in [0.3, 0.4) is 0 Å². The molecular formula is C26H24FNO3. The maximum absolute atomic E-state index is 13.9. The van der Waals surface area contributed by atoms with Gasteiger partial charge in [-0.05, 0) is 47.9 Å². The quantitative estimate of drug-likeness (QED) is 0.344. The van der Waals surface area contributed by atoms with Crippen LogP contribution in [0.4, 0.5) is 4.39 Å². The number of rotatable bonds is 6. The van der Waals surface area contributed by atoms with E-state index in [-0.39, 0.29) is 18.3 Å². The van der Waals surface area contributed by atoms with Gasteiger partial charge in [0.2, 0.25) is 5.52 Å². The number of aryl methyl sites for hydroxylation is 1. The fraction of sp³-hybridized carbons (Fsp3) is 0.192. The van der Waals surface area contributed by atoms with Crippen molar-refractivity contribution in [2.24, 2.45) is 0 Å². The minimum absolute atomic E-state index is 0.100. The highest BCUT2D eigenvalue weighted by Crippen LogP contribution is 2.36. The van der Waals surface area contributed by atoms with Crippen molar-refractivity contribution in [3.63, 3.8) is 0 Å². The number of hydrogen-bond donors (Lipinski definition) is 1. The third kappa shape index (κ3) is 4.23. The average Bonchev–Trinajstić information content (AvgIpc) is 2.79. The number of benzene rings is 3. The Morgan fingerprint density at radius 3 is 2.55 bits per heavy atom. The van der Waals surface area contributed by atoms with Crippen molar-refractivity contribution < 1.29 is 19.0 Å². The van der Waals surface area contributed by atoms with E-state index >= 15 is 0 Å². The first-order chi connectivity index (χ1) is 15.0. The molecule has 0 spiro atoms. The molecule has 1 atom stereocenters. The van der Waals surface area contributed by atoms with E-state index in [9.17, 15) is 14.7 Å². The normalized spacial score (nSPS) is 12.1. The summed E-state index contributed by atoms with van der Waals surface area (Å²) in [5.74, 6) is 0.0559. The maximum atomic E-state index is 13.9. The number of pyridine rings is 1. The van der Waals surface area contributed by atoms with Gasteiger partial charge in [0.05, 0.1) is 11.5 Å². The van der Waals surface area contributed by atoms with Crippen LogP contribution in [0, 0.1) is 17.9 Å². The summed E-state index contributed by atoms with van der Waals surface area (Å²) in [5.41, 5.74) is 4.35. The topological polar surface area (TPSA) is 56.4 Å². The minimum Gasteiger partial charge on any atom is -0.618 e. The summed E-state index contributed by atoms with van der Waals surface area (Å²) in [6, 6.07) is 20.1. The van der Waals surface area contributed by atoms with Gasteiger partial charge in [-0.1, -0.05) is 43.3 Å². The number of nitrogens with zero attached hydrogens (tertiary/aromatic N) is 1. The van der Waals surface area contributed by atoms with Crippen LogP contribution in [0.1, 0.15) is 29.5 Å². The van der Waals surface area contributed by atoms with E-state index in [1.165, 1.54) is 12.3 Å². The molecule has 0 amide bonds. The van der Waals surface area contributed by atoms with E-state index in [0.29, 0.717) is 29.0 Å². The second-order valence-electron chi connectivity index (χ2n) is 7.79. The van der Waals surface area contributed by atoms with Crippen molar-refractivity contribution in [2.45, 2.75) is 26.4 Å². The van der Waals surface area contributed by atoms with Crippen LogP contribution in [0.2, 0.25) is 0 Å². The fourth-order valence-corrected chi connectivity index (χ4v) is 3.75. The van der Waals surface area contributed by atoms with Gasteiger partial charge in [-0.3, -0.25) is 0 Å². The summed E-state index contributed by atoms with van der Waals surface area (Å²) in [7, 11) is 0. The Balaban J connectivity index is 1.83. The van der Waals surface area contributed by atoms with Gasteiger partial charge in [-0.15, -0.1) is 0 Å². The second kappa shape index (κ2) is 8.74. The second-order valence-corrected chi connectivity index (χ2v) is 7.79. The first kappa shape index (κ1) is 20.8. The number of ether oxygens (including phenoxy) is 1. The molecular weight excluding hydrogens is 393 g/mol. The minimum atomic E-state index is -0.281. The number of aliphatic hydroxyl groups is 1. The zero-order valence-electron chi connectivity index (χ0n) is 17.5. The van der Waals surface area contributed by atoms with Crippen molar-refractivity contribution in [1.82, 2.24) is 0 Å². The van der Waals surface area contributed by atoms with Crippen molar-refractivity contribution in [2.75, 3.05) is 6.61 Å². The van der Waals surface area contributed by atoms with Crippen LogP contribution in [-0.2, 0) is 6.61 Å². The molecule has 1 heterocycles. The van der Waals surface area contributed by atoms with Crippen LogP contribution in [0.15, 0.2) is 72.9 Å². The number of halogens is 1. The first-order valence-corrected chi connectivity index (χ1v) is 10.2. The van der Waals surface area contributed by atoms with Crippen molar-refractivity contribution in [1.29, 1.82) is 0 Å². The summed E-state index contributed by atoms with van der Waals surface area (Å²) >= 11 is 0. The predicted octanol–water partition coefficient (Wildman–Crippen LogP) is 5.26. The summed E-state index contributed by atoms with van der Waals surface area (Å²) in [5, 5.41) is 23.4. The smallest absolute Gasteiger partial charge is 0.228 e. The molecule has 5 heteroatoms. The molecule has 1 N–H and O–H groups in total. The largest absolute Gasteiger partial charge is 0.618 e. The van der Waals surface area contributed by atoms with Gasteiger partial charge in [0, 0.05) is 23.7 Å². The maximum Gasteiger partial charge on any atom is 0.228 e. The van der Waals surface area contributed by atoms with E-state index in [4.69, 9.17) is 4.74 Å². The van der Waals surface area contributed by atoms with Gasteiger partial charge in [-0.2, -0.15) is 4.73 Å². The van der Waals surface area contributed by atoms with Gasteiger partial charge in [0.25, 0.3) is 0 Å². The summed E-state index contributed by atoms with van der Waals surface area (Å²) in [4.78, 5) is 0. The van der Waals surface area contributed by atoms with Gasteiger partial charge >= 0.3 is 0 Å². The molecule has 158 valence electrons. The molecule has 0 aliphatic carbocycles. The highest BCUT2D eigenvalue weighted by Gasteiger charge is 2.22. The highest BCUT2D eigenvalue weighted by atomic mass is 19.1. The predicted molar refractivity (Wildman–Crippen MR) is 119 cm³/mol. The summed E-state index contributed by atoms with van der Waals surface area (Å²) < 4.78 is 20.6. The van der Waals surface area contributed by atoms with E-state index in [1.807, 2.05) is 49.4 Å². The van der Waals surface area contributed by atoms with E-state index in [2.05, 4.69) is 0 Å². The van der Waals surface area contributed by atoms with Crippen LogP contribution in [0.25, 0.3) is 22.0 Å². The van der Waals surface area contributed by atoms with Crippen LogP contribution >= 0.6 is 0 Å². The van der Waals surface area contributed by atoms with E-state index in [1.54, 1.807) is 25.1 Å². The number of aliphatic hydroxyl groups excluding tert-OH is 1. The Labute approximate surface area is 180 Å². The lowest BCUT2D eigenvalue weighted by Crippen LogP contribution is -2.28. The van der Waals surface area contributed by atoms with E-state index in [0.717, 1.165) is 26.8 Å². The monoisotopic (exact) mass is 417 g/mol. The fourth-order valence-electron chi connectivity index (χ4n) is 3.75. The highest BCUT2D eigenvalue weighted by molar-refractivity contribution is 5.95. The first-order valence-electron chi connectivity index (χ1n) is 10.2. The molecule has 0 aliphatic rings. The Bertz CT molecular complexity index is 1220. The van der Waals surface area contributed by atoms with E-state index < -0.39 is 0 Å². The molecule has 0 aliphatic heterocycles. The number of aromatic nitrogens is 1. The van der Waals surface area contributed by atoms with Crippen molar-refractivity contribution in [3.05, 3.63) is 101 Å². The number of fused-ring (bicyclic) bond motifs is 1. The van der Waals surface area contributed by atoms with Crippen molar-refractivity contribution in [3.8, 4) is 16.9 Å². The average molecular weight is 417 g/mol. The lowest BCUT2D eigenvalue weighted by molar-refractivity contribution is -0.577. The van der Waals surface area contributed by atoms with Gasteiger partial charge < -0.3 is 15.1 Å². The van der Waals surface area contributed by atoms with Gasteiger partial charge in [0.15, 0.2) is 6.20 Å². The molecule has 4 aromatic rings. The molecule has 0 bridgehead atoms. The lowest BCUT2D eigenvalue weighted by atomic mass is 9.89. The molecule has 4 nitrogen and oxygen atoms in total. The zero-order chi connectivity index (χ0) is 22.0. The molecule has 0 saturated carbocycles. The molecule has 0 saturated heterocycles. The SMILES string of the molecule is Cc1cc(-c2c(C(C)CO)c[n+]([O-])c3cc(OCc4ccccc4)ccc23)ccc1F. The molecule has 0 fully saturated rings. The Morgan fingerprint density at radius 2 is 1.84 bits per heavy atom. The lowest BCUT2D eigenvalue weighted by Gasteiger charge is -2.18. The molecule has 31 heavy (non-hydrogen) atoms. The third-order valence-corrected chi connectivity index (χ3v) is 5.52.